The minimum atomic E-state index is -3.21. The van der Waals surface area contributed by atoms with E-state index in [1.165, 1.54) is 19.3 Å². The SMILES string of the molecule is Cc1ccccc1CS(=O)(=O)N[C@@H]1C[C@H]2CC[C@H]1C2. The maximum absolute atomic E-state index is 12.3. The average Bonchev–Trinajstić information content (AvgIpc) is 2.93. The van der Waals surface area contributed by atoms with Crippen molar-refractivity contribution in [3.8, 4) is 0 Å². The van der Waals surface area contributed by atoms with Crippen LogP contribution in [0.5, 0.6) is 0 Å². The van der Waals surface area contributed by atoms with Gasteiger partial charge in [0.2, 0.25) is 10.0 Å². The molecular formula is C15H21NO2S. The van der Waals surface area contributed by atoms with Gasteiger partial charge in [0.25, 0.3) is 0 Å². The number of benzene rings is 1. The van der Waals surface area contributed by atoms with Crippen molar-refractivity contribution in [1.82, 2.24) is 4.72 Å². The molecule has 104 valence electrons. The average molecular weight is 279 g/mol. The molecule has 0 amide bonds. The first-order valence-corrected chi connectivity index (χ1v) is 8.73. The zero-order valence-corrected chi connectivity index (χ0v) is 12.1. The standard InChI is InChI=1S/C15H21NO2S/c1-11-4-2-3-5-14(11)10-19(17,18)16-15-9-12-6-7-13(15)8-12/h2-5,12-13,15-16H,6-10H2,1H3/t12-,13-,15+/m0/s1. The second-order valence-corrected chi connectivity index (χ2v) is 7.84. The number of sulfonamides is 1. The summed E-state index contributed by atoms with van der Waals surface area (Å²) in [7, 11) is -3.21. The Bertz CT molecular complexity index is 567. The predicted octanol–water partition coefficient (Wildman–Crippen LogP) is 2.60. The molecule has 0 aliphatic heterocycles. The second kappa shape index (κ2) is 4.91. The lowest BCUT2D eigenvalue weighted by molar-refractivity contribution is 0.390. The van der Waals surface area contributed by atoms with Crippen LogP contribution in [0.3, 0.4) is 0 Å². The number of aryl methyl sites for hydroxylation is 1. The lowest BCUT2D eigenvalue weighted by atomic mass is 9.96. The topological polar surface area (TPSA) is 46.2 Å². The van der Waals surface area contributed by atoms with Gasteiger partial charge in [-0.3, -0.25) is 0 Å². The minimum Gasteiger partial charge on any atom is -0.212 e. The Labute approximate surface area is 115 Å². The highest BCUT2D eigenvalue weighted by Crippen LogP contribution is 2.44. The minimum absolute atomic E-state index is 0.105. The largest absolute Gasteiger partial charge is 0.216 e. The van der Waals surface area contributed by atoms with Crippen LogP contribution in [0.25, 0.3) is 0 Å². The summed E-state index contributed by atoms with van der Waals surface area (Å²) >= 11 is 0. The Morgan fingerprint density at radius 2 is 2.00 bits per heavy atom. The zero-order valence-electron chi connectivity index (χ0n) is 11.3. The predicted molar refractivity (Wildman–Crippen MR) is 76.2 cm³/mol. The van der Waals surface area contributed by atoms with E-state index in [-0.39, 0.29) is 11.8 Å². The Morgan fingerprint density at radius 3 is 2.63 bits per heavy atom. The van der Waals surface area contributed by atoms with Crippen molar-refractivity contribution in [1.29, 1.82) is 0 Å². The fourth-order valence-corrected chi connectivity index (χ4v) is 5.20. The number of nitrogens with one attached hydrogen (secondary N) is 1. The number of hydrogen-bond donors (Lipinski definition) is 1. The molecule has 0 radical (unpaired) electrons. The van der Waals surface area contributed by atoms with Gasteiger partial charge in [-0.25, -0.2) is 13.1 Å². The number of fused-ring (bicyclic) bond motifs is 2. The van der Waals surface area contributed by atoms with Gasteiger partial charge < -0.3 is 0 Å². The molecule has 0 aromatic heterocycles. The first-order valence-electron chi connectivity index (χ1n) is 7.08. The van der Waals surface area contributed by atoms with Crippen LogP contribution in [-0.4, -0.2) is 14.5 Å². The fraction of sp³-hybridized carbons (Fsp3) is 0.600. The first-order chi connectivity index (χ1) is 9.03. The summed E-state index contributed by atoms with van der Waals surface area (Å²) in [6.07, 6.45) is 4.75. The summed E-state index contributed by atoms with van der Waals surface area (Å²) in [5.41, 5.74) is 1.94. The molecule has 2 aliphatic carbocycles. The normalized spacial score (nSPS) is 29.8. The van der Waals surface area contributed by atoms with E-state index in [0.717, 1.165) is 23.5 Å². The lowest BCUT2D eigenvalue weighted by Gasteiger charge is -2.22. The molecule has 3 rings (SSSR count). The number of hydrogen-bond acceptors (Lipinski definition) is 2. The Morgan fingerprint density at radius 1 is 1.21 bits per heavy atom. The monoisotopic (exact) mass is 279 g/mol. The van der Waals surface area contributed by atoms with Gasteiger partial charge in [0.1, 0.15) is 0 Å². The first kappa shape index (κ1) is 13.1. The van der Waals surface area contributed by atoms with Crippen LogP contribution in [0.1, 0.15) is 36.8 Å². The Balaban J connectivity index is 1.68. The van der Waals surface area contributed by atoms with Crippen LogP contribution in [0.4, 0.5) is 0 Å². The Kier molecular flexibility index (Phi) is 3.39. The van der Waals surface area contributed by atoms with Gasteiger partial charge in [-0.1, -0.05) is 30.7 Å². The summed E-state index contributed by atoms with van der Waals surface area (Å²) in [6, 6.07) is 7.88. The van der Waals surface area contributed by atoms with Gasteiger partial charge in [-0.2, -0.15) is 0 Å². The van der Waals surface area contributed by atoms with Crippen LogP contribution in [0, 0.1) is 18.8 Å². The molecule has 0 unspecified atom stereocenters. The summed E-state index contributed by atoms with van der Waals surface area (Å²) in [5, 5.41) is 0. The maximum atomic E-state index is 12.3. The quantitative estimate of drug-likeness (QED) is 0.921. The molecule has 1 N–H and O–H groups in total. The number of rotatable bonds is 4. The van der Waals surface area contributed by atoms with Gasteiger partial charge in [0.05, 0.1) is 5.75 Å². The van der Waals surface area contributed by atoms with Gasteiger partial charge in [0.15, 0.2) is 0 Å². The van der Waals surface area contributed by atoms with Gasteiger partial charge in [0, 0.05) is 6.04 Å². The molecule has 2 saturated carbocycles. The zero-order chi connectivity index (χ0) is 13.5. The smallest absolute Gasteiger partial charge is 0.212 e. The van der Waals surface area contributed by atoms with Crippen molar-refractivity contribution < 1.29 is 8.42 Å². The molecule has 1 aromatic rings. The molecule has 3 nitrogen and oxygen atoms in total. The van der Waals surface area contributed by atoms with Crippen molar-refractivity contribution in [3.05, 3.63) is 35.4 Å². The molecular weight excluding hydrogens is 258 g/mol. The van der Waals surface area contributed by atoms with Crippen molar-refractivity contribution >= 4 is 10.0 Å². The Hall–Kier alpha value is -0.870. The third-order valence-electron chi connectivity index (χ3n) is 4.68. The molecule has 0 saturated heterocycles. The van der Waals surface area contributed by atoms with E-state index in [0.29, 0.717) is 5.92 Å². The highest BCUT2D eigenvalue weighted by Gasteiger charge is 2.41. The molecule has 0 spiro atoms. The van der Waals surface area contributed by atoms with E-state index >= 15 is 0 Å². The molecule has 2 aliphatic rings. The highest BCUT2D eigenvalue weighted by atomic mass is 32.2. The van der Waals surface area contributed by atoms with Crippen LogP contribution in [-0.2, 0) is 15.8 Å². The summed E-state index contributed by atoms with van der Waals surface area (Å²) in [5.74, 6) is 1.45. The highest BCUT2D eigenvalue weighted by molar-refractivity contribution is 7.88. The van der Waals surface area contributed by atoms with E-state index in [1.807, 2.05) is 31.2 Å². The second-order valence-electron chi connectivity index (χ2n) is 6.08. The van der Waals surface area contributed by atoms with Crippen LogP contribution in [0.15, 0.2) is 24.3 Å². The molecule has 4 heteroatoms. The summed E-state index contributed by atoms with van der Waals surface area (Å²) in [4.78, 5) is 0. The third-order valence-corrected chi connectivity index (χ3v) is 6.03. The van der Waals surface area contributed by atoms with E-state index in [2.05, 4.69) is 4.72 Å². The molecule has 19 heavy (non-hydrogen) atoms. The van der Waals surface area contributed by atoms with Crippen molar-refractivity contribution in [2.24, 2.45) is 11.8 Å². The van der Waals surface area contributed by atoms with E-state index < -0.39 is 10.0 Å². The van der Waals surface area contributed by atoms with Crippen LogP contribution >= 0.6 is 0 Å². The molecule has 0 heterocycles. The molecule has 2 bridgehead atoms. The lowest BCUT2D eigenvalue weighted by Crippen LogP contribution is -2.39. The maximum Gasteiger partial charge on any atom is 0.216 e. The fourth-order valence-electron chi connectivity index (χ4n) is 3.64. The van der Waals surface area contributed by atoms with E-state index in [1.54, 1.807) is 0 Å². The molecule has 3 atom stereocenters. The molecule has 1 aromatic carbocycles. The third kappa shape index (κ3) is 2.84. The van der Waals surface area contributed by atoms with E-state index in [9.17, 15) is 8.42 Å². The molecule has 2 fully saturated rings. The van der Waals surface area contributed by atoms with Gasteiger partial charge >= 0.3 is 0 Å². The summed E-state index contributed by atoms with van der Waals surface area (Å²) < 4.78 is 27.5. The van der Waals surface area contributed by atoms with Gasteiger partial charge in [-0.15, -0.1) is 0 Å². The van der Waals surface area contributed by atoms with Crippen molar-refractivity contribution in [2.75, 3.05) is 0 Å². The van der Waals surface area contributed by atoms with Gasteiger partial charge in [-0.05, 0) is 49.1 Å². The summed E-state index contributed by atoms with van der Waals surface area (Å²) in [6.45, 7) is 1.96. The van der Waals surface area contributed by atoms with Crippen molar-refractivity contribution in [2.45, 2.75) is 44.4 Å². The van der Waals surface area contributed by atoms with Crippen LogP contribution in [0.2, 0.25) is 0 Å². The van der Waals surface area contributed by atoms with Crippen molar-refractivity contribution in [3.63, 3.8) is 0 Å². The van der Waals surface area contributed by atoms with Crippen LogP contribution < -0.4 is 4.72 Å². The van der Waals surface area contributed by atoms with E-state index in [4.69, 9.17) is 0 Å².